The number of rotatable bonds is 5. The van der Waals surface area contributed by atoms with E-state index in [9.17, 15) is 0 Å². The Morgan fingerprint density at radius 2 is 1.59 bits per heavy atom. The molecule has 0 aliphatic heterocycles. The van der Waals surface area contributed by atoms with Gasteiger partial charge in [-0.05, 0) is 12.1 Å². The van der Waals surface area contributed by atoms with Gasteiger partial charge in [-0.15, -0.1) is 0 Å². The maximum Gasteiger partial charge on any atom is 0.203 e. The normalized spacial score (nSPS) is 11.2. The van der Waals surface area contributed by atoms with Crippen molar-refractivity contribution in [2.75, 3.05) is 21.3 Å². The molecule has 0 amide bonds. The van der Waals surface area contributed by atoms with E-state index in [0.717, 1.165) is 0 Å². The molecule has 0 aliphatic rings. The Kier molecular flexibility index (Phi) is 5.12. The summed E-state index contributed by atoms with van der Waals surface area (Å²) in [4.78, 5) is 4.38. The minimum absolute atomic E-state index is 0.305. The predicted molar refractivity (Wildman–Crippen MR) is 87.9 cm³/mol. The van der Waals surface area contributed by atoms with Gasteiger partial charge in [-0.2, -0.15) is 0 Å². The molecule has 0 unspecified atom stereocenters. The van der Waals surface area contributed by atoms with E-state index in [2.05, 4.69) is 4.99 Å². The summed E-state index contributed by atoms with van der Waals surface area (Å²) in [7, 11) is 4.63. The van der Waals surface area contributed by atoms with Gasteiger partial charge in [0.2, 0.25) is 5.75 Å². The highest BCUT2D eigenvalue weighted by Crippen LogP contribution is 2.40. The average Bonchev–Trinajstić information content (AvgIpc) is 2.54. The van der Waals surface area contributed by atoms with E-state index in [-0.39, 0.29) is 0 Å². The van der Waals surface area contributed by atoms with Crippen molar-refractivity contribution >= 4 is 23.1 Å². The second kappa shape index (κ2) is 7.04. The van der Waals surface area contributed by atoms with Crippen LogP contribution in [0.2, 0.25) is 5.02 Å². The van der Waals surface area contributed by atoms with E-state index in [1.165, 1.54) is 0 Å². The quantitative estimate of drug-likeness (QED) is 0.677. The van der Waals surface area contributed by atoms with E-state index >= 15 is 0 Å². The summed E-state index contributed by atoms with van der Waals surface area (Å²) >= 11 is 6.12. The van der Waals surface area contributed by atoms with Crippen molar-refractivity contribution in [3.8, 4) is 17.2 Å². The Hall–Kier alpha value is -2.40. The van der Waals surface area contributed by atoms with Crippen LogP contribution in [0.5, 0.6) is 17.2 Å². The maximum absolute atomic E-state index is 6.12. The third-order valence-corrected chi connectivity index (χ3v) is 3.38. The number of aliphatic imine (C=N–C) groups is 1. The molecule has 0 bridgehead atoms. The molecule has 2 rings (SSSR count). The molecule has 0 heterocycles. The second-order valence-corrected chi connectivity index (χ2v) is 4.77. The molecule has 2 aromatic rings. The zero-order chi connectivity index (χ0) is 16.1. The Balaban J connectivity index is 2.49. The van der Waals surface area contributed by atoms with Crippen LogP contribution < -0.4 is 19.9 Å². The molecule has 6 heteroatoms. The molecule has 2 N–H and O–H groups in total. The first kappa shape index (κ1) is 16.0. The van der Waals surface area contributed by atoms with Gasteiger partial charge in [0.25, 0.3) is 0 Å². The number of benzene rings is 2. The minimum Gasteiger partial charge on any atom is -0.493 e. The zero-order valence-electron chi connectivity index (χ0n) is 12.6. The molecule has 0 saturated carbocycles. The smallest absolute Gasteiger partial charge is 0.203 e. The molecule has 2 aromatic carbocycles. The fourth-order valence-corrected chi connectivity index (χ4v) is 2.23. The summed E-state index contributed by atoms with van der Waals surface area (Å²) < 4.78 is 15.8. The number of methoxy groups -OCH3 is 3. The van der Waals surface area contributed by atoms with Crippen LogP contribution in [-0.4, -0.2) is 27.2 Å². The van der Waals surface area contributed by atoms with Gasteiger partial charge >= 0.3 is 0 Å². The Morgan fingerprint density at radius 1 is 1.00 bits per heavy atom. The van der Waals surface area contributed by atoms with E-state index in [1.54, 1.807) is 45.6 Å². The lowest BCUT2D eigenvalue weighted by molar-refractivity contribution is 0.324. The number of ether oxygens (including phenoxy) is 3. The third kappa shape index (κ3) is 3.26. The molecule has 22 heavy (non-hydrogen) atoms. The van der Waals surface area contributed by atoms with Gasteiger partial charge in [0.15, 0.2) is 11.5 Å². The third-order valence-electron chi connectivity index (χ3n) is 3.05. The number of hydrogen-bond donors (Lipinski definition) is 1. The summed E-state index contributed by atoms with van der Waals surface area (Å²) in [5.74, 6) is 1.82. The van der Waals surface area contributed by atoms with E-state index in [0.29, 0.717) is 39.4 Å². The second-order valence-electron chi connectivity index (χ2n) is 4.36. The first-order chi connectivity index (χ1) is 10.6. The van der Waals surface area contributed by atoms with Crippen LogP contribution >= 0.6 is 11.6 Å². The maximum atomic E-state index is 6.12. The van der Waals surface area contributed by atoms with Crippen molar-refractivity contribution in [2.45, 2.75) is 0 Å². The minimum atomic E-state index is 0.305. The van der Waals surface area contributed by atoms with Crippen molar-refractivity contribution in [1.29, 1.82) is 0 Å². The Morgan fingerprint density at radius 3 is 2.09 bits per heavy atom. The van der Waals surface area contributed by atoms with E-state index in [1.807, 2.05) is 12.1 Å². The van der Waals surface area contributed by atoms with Gasteiger partial charge in [-0.25, -0.2) is 4.99 Å². The number of amidine groups is 1. The molecule has 0 fully saturated rings. The van der Waals surface area contributed by atoms with Gasteiger partial charge in [0.1, 0.15) is 5.84 Å². The SMILES string of the molecule is COc1cc(N=C(N)c2ccccc2Cl)cc(OC)c1OC. The molecule has 0 aromatic heterocycles. The zero-order valence-corrected chi connectivity index (χ0v) is 13.3. The lowest BCUT2D eigenvalue weighted by Crippen LogP contribution is -2.13. The Labute approximate surface area is 134 Å². The van der Waals surface area contributed by atoms with Crippen LogP contribution in [-0.2, 0) is 0 Å². The van der Waals surface area contributed by atoms with Crippen LogP contribution in [0.15, 0.2) is 41.4 Å². The first-order valence-corrected chi connectivity index (χ1v) is 6.87. The number of hydrogen-bond acceptors (Lipinski definition) is 4. The van der Waals surface area contributed by atoms with Crippen LogP contribution in [0.25, 0.3) is 0 Å². The molecule has 0 radical (unpaired) electrons. The molecule has 0 spiro atoms. The number of nitrogens with two attached hydrogens (primary N) is 1. The lowest BCUT2D eigenvalue weighted by atomic mass is 10.2. The molecular weight excluding hydrogens is 304 g/mol. The van der Waals surface area contributed by atoms with Gasteiger partial charge in [0, 0.05) is 17.7 Å². The van der Waals surface area contributed by atoms with Crippen molar-refractivity contribution in [3.63, 3.8) is 0 Å². The Bertz CT molecular complexity index is 677. The standard InChI is InChI=1S/C16H17ClN2O3/c1-20-13-8-10(9-14(21-2)15(13)22-3)19-16(18)11-6-4-5-7-12(11)17/h4-9H,1-3H3,(H2,18,19). The van der Waals surface area contributed by atoms with Gasteiger partial charge < -0.3 is 19.9 Å². The lowest BCUT2D eigenvalue weighted by Gasteiger charge is -2.13. The topological polar surface area (TPSA) is 66.1 Å². The molecule has 0 atom stereocenters. The summed E-state index contributed by atoms with van der Waals surface area (Å²) in [5.41, 5.74) is 7.27. The molecule has 116 valence electrons. The van der Waals surface area contributed by atoms with Crippen LogP contribution in [0.3, 0.4) is 0 Å². The average molecular weight is 321 g/mol. The van der Waals surface area contributed by atoms with Crippen molar-refractivity contribution in [1.82, 2.24) is 0 Å². The fraction of sp³-hybridized carbons (Fsp3) is 0.188. The van der Waals surface area contributed by atoms with Crippen molar-refractivity contribution in [3.05, 3.63) is 47.0 Å². The molecule has 0 aliphatic carbocycles. The molecule has 0 saturated heterocycles. The van der Waals surface area contributed by atoms with Gasteiger partial charge in [-0.3, -0.25) is 0 Å². The summed E-state index contributed by atoms with van der Waals surface area (Å²) in [5, 5.41) is 0.538. The van der Waals surface area contributed by atoms with Crippen molar-refractivity contribution in [2.24, 2.45) is 10.7 Å². The predicted octanol–water partition coefficient (Wildman–Crippen LogP) is 3.40. The summed E-state index contributed by atoms with van der Waals surface area (Å²) in [6, 6.07) is 10.7. The number of nitrogens with zero attached hydrogens (tertiary/aromatic N) is 1. The molecule has 5 nitrogen and oxygen atoms in total. The number of halogens is 1. The molecular formula is C16H17ClN2O3. The highest BCUT2D eigenvalue weighted by atomic mass is 35.5. The largest absolute Gasteiger partial charge is 0.493 e. The highest BCUT2D eigenvalue weighted by molar-refractivity contribution is 6.34. The van der Waals surface area contributed by atoms with Crippen LogP contribution in [0.1, 0.15) is 5.56 Å². The van der Waals surface area contributed by atoms with E-state index < -0.39 is 0 Å². The first-order valence-electron chi connectivity index (χ1n) is 6.49. The fourth-order valence-electron chi connectivity index (χ4n) is 2.00. The van der Waals surface area contributed by atoms with Crippen LogP contribution in [0, 0.1) is 0 Å². The van der Waals surface area contributed by atoms with E-state index in [4.69, 9.17) is 31.5 Å². The monoisotopic (exact) mass is 320 g/mol. The van der Waals surface area contributed by atoms with Crippen LogP contribution in [0.4, 0.5) is 5.69 Å². The summed E-state index contributed by atoms with van der Waals surface area (Å²) in [6.45, 7) is 0. The van der Waals surface area contributed by atoms with Crippen molar-refractivity contribution < 1.29 is 14.2 Å². The van der Waals surface area contributed by atoms with Gasteiger partial charge in [-0.1, -0.05) is 23.7 Å². The highest BCUT2D eigenvalue weighted by Gasteiger charge is 2.13. The van der Waals surface area contributed by atoms with Gasteiger partial charge in [0.05, 0.1) is 32.0 Å². The summed E-state index contributed by atoms with van der Waals surface area (Å²) in [6.07, 6.45) is 0.